The van der Waals surface area contributed by atoms with Crippen LogP contribution in [0.15, 0.2) is 0 Å². The predicted octanol–water partition coefficient (Wildman–Crippen LogP) is 5.67. The van der Waals surface area contributed by atoms with Crippen LogP contribution in [0, 0.1) is 5.41 Å². The average Bonchev–Trinajstić information content (AvgIpc) is 2.33. The molecule has 0 aliphatic rings. The van der Waals surface area contributed by atoms with E-state index in [4.69, 9.17) is 5.73 Å². The van der Waals surface area contributed by atoms with Crippen molar-refractivity contribution in [3.05, 3.63) is 0 Å². The Morgan fingerprint density at radius 1 is 0.667 bits per heavy atom. The smallest absolute Gasteiger partial charge is 0.0206 e. The second-order valence-electron chi connectivity index (χ2n) is 6.70. The van der Waals surface area contributed by atoms with Crippen LogP contribution in [0.2, 0.25) is 0 Å². The lowest BCUT2D eigenvalue weighted by Crippen LogP contribution is -2.52. The average molecular weight is 255 g/mol. The number of hydrogen-bond donors (Lipinski definition) is 1. The summed E-state index contributed by atoms with van der Waals surface area (Å²) in [7, 11) is 0. The highest BCUT2D eigenvalue weighted by atomic mass is 14.8. The lowest BCUT2D eigenvalue weighted by molar-refractivity contribution is 0.119. The van der Waals surface area contributed by atoms with E-state index in [9.17, 15) is 0 Å². The van der Waals surface area contributed by atoms with Crippen molar-refractivity contribution in [3.63, 3.8) is 0 Å². The van der Waals surface area contributed by atoms with Gasteiger partial charge in [-0.15, -0.1) is 0 Å². The summed E-state index contributed by atoms with van der Waals surface area (Å²) in [5.41, 5.74) is 7.16. The summed E-state index contributed by atoms with van der Waals surface area (Å²) in [6, 6.07) is 0. The molecule has 0 aromatic rings. The van der Waals surface area contributed by atoms with E-state index in [-0.39, 0.29) is 11.0 Å². The molecule has 1 heteroatoms. The van der Waals surface area contributed by atoms with Crippen LogP contribution in [-0.2, 0) is 0 Å². The van der Waals surface area contributed by atoms with Gasteiger partial charge >= 0.3 is 0 Å². The van der Waals surface area contributed by atoms with E-state index in [2.05, 4.69) is 34.6 Å². The molecule has 1 nitrogen and oxygen atoms in total. The van der Waals surface area contributed by atoms with Gasteiger partial charge in [-0.1, -0.05) is 79.6 Å². The van der Waals surface area contributed by atoms with Gasteiger partial charge in [0.25, 0.3) is 0 Å². The lowest BCUT2D eigenvalue weighted by atomic mass is 9.65. The van der Waals surface area contributed by atoms with Crippen molar-refractivity contribution in [1.29, 1.82) is 0 Å². The van der Waals surface area contributed by atoms with Gasteiger partial charge in [-0.25, -0.2) is 0 Å². The quantitative estimate of drug-likeness (QED) is 0.473. The van der Waals surface area contributed by atoms with Crippen LogP contribution < -0.4 is 5.73 Å². The second-order valence-corrected chi connectivity index (χ2v) is 6.70. The topological polar surface area (TPSA) is 26.0 Å². The minimum absolute atomic E-state index is 0.0484. The summed E-state index contributed by atoms with van der Waals surface area (Å²) < 4.78 is 0. The van der Waals surface area contributed by atoms with Gasteiger partial charge < -0.3 is 5.73 Å². The fraction of sp³-hybridized carbons (Fsp3) is 1.00. The summed E-state index contributed by atoms with van der Waals surface area (Å²) in [5.74, 6) is 0. The molecule has 0 atom stereocenters. The van der Waals surface area contributed by atoms with Gasteiger partial charge in [0.05, 0.1) is 0 Å². The molecule has 0 aromatic carbocycles. The van der Waals surface area contributed by atoms with Crippen LogP contribution in [0.5, 0.6) is 0 Å². The summed E-state index contributed by atoms with van der Waals surface area (Å²) >= 11 is 0. The molecule has 0 aromatic heterocycles. The summed E-state index contributed by atoms with van der Waals surface area (Å²) in [6.07, 6.45) is 12.7. The van der Waals surface area contributed by atoms with Gasteiger partial charge in [0.15, 0.2) is 0 Å². The van der Waals surface area contributed by atoms with Crippen molar-refractivity contribution in [3.8, 4) is 0 Å². The van der Waals surface area contributed by atoms with Crippen LogP contribution in [0.4, 0.5) is 0 Å². The summed E-state index contributed by atoms with van der Waals surface area (Å²) in [5, 5.41) is 0. The molecule has 0 unspecified atom stereocenters. The van der Waals surface area contributed by atoms with Gasteiger partial charge in [-0.2, -0.15) is 0 Å². The predicted molar refractivity (Wildman–Crippen MR) is 83.9 cm³/mol. The van der Waals surface area contributed by atoms with E-state index in [1.807, 2.05) is 0 Å². The largest absolute Gasteiger partial charge is 0.325 e. The molecule has 0 rings (SSSR count). The number of nitrogens with two attached hydrogens (primary N) is 1. The maximum atomic E-state index is 6.83. The summed E-state index contributed by atoms with van der Waals surface area (Å²) in [4.78, 5) is 0. The molecule has 0 aliphatic heterocycles. The van der Waals surface area contributed by atoms with Gasteiger partial charge in [-0.3, -0.25) is 0 Å². The van der Waals surface area contributed by atoms with Crippen molar-refractivity contribution in [1.82, 2.24) is 0 Å². The Morgan fingerprint density at radius 2 is 1.11 bits per heavy atom. The fourth-order valence-corrected chi connectivity index (χ4v) is 2.85. The van der Waals surface area contributed by atoms with Crippen LogP contribution in [0.3, 0.4) is 0 Å². The van der Waals surface area contributed by atoms with Crippen molar-refractivity contribution in [2.75, 3.05) is 0 Å². The minimum atomic E-state index is 0.0484. The second kappa shape index (κ2) is 8.96. The first kappa shape index (κ1) is 18.0. The molecule has 0 saturated carbocycles. The van der Waals surface area contributed by atoms with Crippen molar-refractivity contribution in [2.24, 2.45) is 11.1 Å². The van der Waals surface area contributed by atoms with Crippen LogP contribution in [-0.4, -0.2) is 5.54 Å². The molecule has 0 amide bonds. The maximum absolute atomic E-state index is 6.83. The van der Waals surface area contributed by atoms with E-state index in [1.165, 1.54) is 64.2 Å². The molecular formula is C17H37N. The van der Waals surface area contributed by atoms with E-state index < -0.39 is 0 Å². The van der Waals surface area contributed by atoms with Crippen LogP contribution >= 0.6 is 0 Å². The van der Waals surface area contributed by atoms with E-state index in [0.717, 1.165) is 0 Å². The standard InChI is InChI=1S/C17H37N/c1-6-9-12-13-16(4,5)17(18,14-10-7-2)15-11-8-3/h6-15,18H2,1-5H3. The molecule has 0 aliphatic carbocycles. The van der Waals surface area contributed by atoms with Crippen molar-refractivity contribution in [2.45, 2.75) is 104 Å². The van der Waals surface area contributed by atoms with Crippen molar-refractivity contribution < 1.29 is 0 Å². The highest BCUT2D eigenvalue weighted by Crippen LogP contribution is 2.41. The third kappa shape index (κ3) is 5.73. The van der Waals surface area contributed by atoms with Gasteiger partial charge in [0.1, 0.15) is 0 Å². The number of hydrogen-bond acceptors (Lipinski definition) is 1. The Morgan fingerprint density at radius 3 is 1.50 bits per heavy atom. The minimum Gasteiger partial charge on any atom is -0.325 e. The van der Waals surface area contributed by atoms with Crippen LogP contribution in [0.1, 0.15) is 98.8 Å². The third-order valence-electron chi connectivity index (χ3n) is 4.71. The SMILES string of the molecule is CCCCCC(C)(C)C(N)(CCCC)CCCC. The molecule has 18 heavy (non-hydrogen) atoms. The Kier molecular flexibility index (Phi) is 8.94. The number of rotatable bonds is 11. The Labute approximate surface area is 116 Å². The van der Waals surface area contributed by atoms with E-state index in [1.54, 1.807) is 0 Å². The maximum Gasteiger partial charge on any atom is 0.0206 e. The highest BCUT2D eigenvalue weighted by Gasteiger charge is 2.39. The molecule has 0 bridgehead atoms. The normalized spacial score (nSPS) is 13.0. The monoisotopic (exact) mass is 255 g/mol. The first-order valence-corrected chi connectivity index (χ1v) is 8.22. The molecule has 0 radical (unpaired) electrons. The lowest BCUT2D eigenvalue weighted by Gasteiger charge is -2.45. The Bertz CT molecular complexity index is 188. The molecule has 0 spiro atoms. The molecule has 0 saturated heterocycles. The summed E-state index contributed by atoms with van der Waals surface area (Å²) in [6.45, 7) is 11.6. The van der Waals surface area contributed by atoms with E-state index >= 15 is 0 Å². The molecule has 110 valence electrons. The molecule has 0 heterocycles. The van der Waals surface area contributed by atoms with E-state index in [0.29, 0.717) is 0 Å². The zero-order valence-corrected chi connectivity index (χ0v) is 13.6. The molecule has 0 fully saturated rings. The molecule has 2 N–H and O–H groups in total. The van der Waals surface area contributed by atoms with Crippen molar-refractivity contribution >= 4 is 0 Å². The Balaban J connectivity index is 4.56. The van der Waals surface area contributed by atoms with Crippen LogP contribution in [0.25, 0.3) is 0 Å². The fourth-order valence-electron chi connectivity index (χ4n) is 2.85. The number of unbranched alkanes of at least 4 members (excludes halogenated alkanes) is 4. The zero-order chi connectivity index (χ0) is 14.1. The first-order chi connectivity index (χ1) is 8.43. The van der Waals surface area contributed by atoms with Gasteiger partial charge in [0.2, 0.25) is 0 Å². The first-order valence-electron chi connectivity index (χ1n) is 8.22. The molecular weight excluding hydrogens is 218 g/mol. The van der Waals surface area contributed by atoms with Gasteiger partial charge in [-0.05, 0) is 24.7 Å². The highest BCUT2D eigenvalue weighted by molar-refractivity contribution is 4.97. The Hall–Kier alpha value is -0.0400. The van der Waals surface area contributed by atoms with Gasteiger partial charge in [0, 0.05) is 5.54 Å². The third-order valence-corrected chi connectivity index (χ3v) is 4.71. The zero-order valence-electron chi connectivity index (χ0n) is 13.6.